The number of carbonyl (C=O) groups is 1. The number of amides is 1. The third kappa shape index (κ3) is 3.06. The van der Waals surface area contributed by atoms with Crippen molar-refractivity contribution in [2.24, 2.45) is 5.73 Å². The number of hydrogen-bond donors (Lipinski definition) is 1. The number of nitrogens with two attached hydrogens (primary N) is 1. The molecule has 0 bridgehead atoms. The number of thiazole rings is 1. The minimum absolute atomic E-state index is 0.150. The molecule has 0 saturated carbocycles. The largest absolute Gasteiger partial charge is 0.376 e. The van der Waals surface area contributed by atoms with Gasteiger partial charge in [-0.1, -0.05) is 5.16 Å². The third-order valence-electron chi connectivity index (χ3n) is 4.66. The van der Waals surface area contributed by atoms with Crippen LogP contribution in [0, 0.1) is 13.8 Å². The van der Waals surface area contributed by atoms with Gasteiger partial charge in [-0.25, -0.2) is 4.98 Å². The Morgan fingerprint density at radius 1 is 1.38 bits per heavy atom. The molecule has 1 fully saturated rings. The van der Waals surface area contributed by atoms with E-state index in [1.165, 1.54) is 11.3 Å². The van der Waals surface area contributed by atoms with E-state index < -0.39 is 5.91 Å². The fourth-order valence-corrected chi connectivity index (χ4v) is 4.07. The lowest BCUT2D eigenvalue weighted by Gasteiger charge is -2.15. The van der Waals surface area contributed by atoms with Crippen molar-refractivity contribution in [3.05, 3.63) is 34.5 Å². The number of nitrogens with zero attached hydrogens (tertiary/aromatic N) is 3. The summed E-state index contributed by atoms with van der Waals surface area (Å²) in [6.07, 6.45) is 2.23. The number of rotatable bonds is 5. The van der Waals surface area contributed by atoms with E-state index >= 15 is 0 Å². The van der Waals surface area contributed by atoms with Crippen LogP contribution in [-0.4, -0.2) is 33.3 Å². The second-order valence-electron chi connectivity index (χ2n) is 6.50. The van der Waals surface area contributed by atoms with Gasteiger partial charge in [0.25, 0.3) is 5.91 Å². The van der Waals surface area contributed by atoms with Crippen LogP contribution < -0.4 is 5.73 Å². The smallest absolute Gasteiger partial charge is 0.250 e. The topological polar surface area (TPSA) is 96.2 Å². The molecule has 0 aromatic carbocycles. The molecule has 4 rings (SSSR count). The van der Waals surface area contributed by atoms with Crippen molar-refractivity contribution < 1.29 is 14.1 Å². The van der Waals surface area contributed by atoms with Gasteiger partial charge in [-0.2, -0.15) is 0 Å². The normalized spacial score (nSPS) is 17.1. The Hall–Kier alpha value is -2.45. The average molecular weight is 372 g/mol. The van der Waals surface area contributed by atoms with Crippen LogP contribution in [0.5, 0.6) is 0 Å². The summed E-state index contributed by atoms with van der Waals surface area (Å²) in [6.45, 7) is 5.23. The van der Waals surface area contributed by atoms with Crippen LogP contribution in [0.4, 0.5) is 0 Å². The molecular formula is C18H20N4O3S. The Balaban J connectivity index is 1.74. The van der Waals surface area contributed by atoms with E-state index in [0.29, 0.717) is 17.8 Å². The quantitative estimate of drug-likeness (QED) is 0.742. The molecule has 3 aromatic heterocycles. The van der Waals surface area contributed by atoms with E-state index in [1.54, 1.807) is 0 Å². The lowest BCUT2D eigenvalue weighted by atomic mass is 10.2. The standard InChI is InChI=1S/C18H20N4O3S/c1-10-6-14(21-25-10)18-20-15(9-26-18)16-7-13(17(19)23)11(2)22(16)8-12-4-3-5-24-12/h6-7,9,12H,3-5,8H2,1-2H3,(H2,19,23). The number of aromatic nitrogens is 3. The average Bonchev–Trinajstić information content (AvgIpc) is 3.36. The molecule has 0 aliphatic carbocycles. The van der Waals surface area contributed by atoms with Gasteiger partial charge in [0, 0.05) is 30.3 Å². The van der Waals surface area contributed by atoms with E-state index in [1.807, 2.05) is 31.4 Å². The summed E-state index contributed by atoms with van der Waals surface area (Å²) in [6, 6.07) is 3.67. The van der Waals surface area contributed by atoms with Gasteiger partial charge in [0.05, 0.1) is 23.1 Å². The van der Waals surface area contributed by atoms with Crippen LogP contribution in [-0.2, 0) is 11.3 Å². The predicted octanol–water partition coefficient (Wildman–Crippen LogP) is 3.16. The number of hydrogen-bond acceptors (Lipinski definition) is 6. The Bertz CT molecular complexity index is 950. The predicted molar refractivity (Wildman–Crippen MR) is 98.0 cm³/mol. The van der Waals surface area contributed by atoms with Crippen molar-refractivity contribution in [3.8, 4) is 22.1 Å². The van der Waals surface area contributed by atoms with E-state index in [-0.39, 0.29) is 6.10 Å². The van der Waals surface area contributed by atoms with Crippen LogP contribution in [0.3, 0.4) is 0 Å². The SMILES string of the molecule is Cc1cc(-c2nc(-c3cc(C(N)=O)c(C)n3CC3CCCO3)cs2)no1. The maximum Gasteiger partial charge on any atom is 0.250 e. The van der Waals surface area contributed by atoms with Crippen molar-refractivity contribution in [3.63, 3.8) is 0 Å². The van der Waals surface area contributed by atoms with Crippen molar-refractivity contribution in [1.29, 1.82) is 0 Å². The van der Waals surface area contributed by atoms with Crippen LogP contribution in [0.1, 0.15) is 34.7 Å². The van der Waals surface area contributed by atoms with Crippen molar-refractivity contribution in [2.45, 2.75) is 39.3 Å². The minimum Gasteiger partial charge on any atom is -0.376 e. The molecule has 7 nitrogen and oxygen atoms in total. The van der Waals surface area contributed by atoms with Gasteiger partial charge in [0.15, 0.2) is 0 Å². The number of aryl methyl sites for hydroxylation is 1. The number of carbonyl (C=O) groups excluding carboxylic acids is 1. The lowest BCUT2D eigenvalue weighted by Crippen LogP contribution is -2.18. The second-order valence-corrected chi connectivity index (χ2v) is 7.36. The molecule has 1 aliphatic rings. The maximum absolute atomic E-state index is 11.8. The zero-order valence-corrected chi connectivity index (χ0v) is 15.5. The zero-order valence-electron chi connectivity index (χ0n) is 14.7. The van der Waals surface area contributed by atoms with Crippen molar-refractivity contribution in [1.82, 2.24) is 14.7 Å². The van der Waals surface area contributed by atoms with Gasteiger partial charge in [-0.05, 0) is 32.8 Å². The molecular weight excluding hydrogens is 352 g/mol. The molecule has 1 saturated heterocycles. The summed E-state index contributed by atoms with van der Waals surface area (Å²) in [4.78, 5) is 16.5. The summed E-state index contributed by atoms with van der Waals surface area (Å²) in [5, 5.41) is 6.76. The van der Waals surface area contributed by atoms with Crippen LogP contribution >= 0.6 is 11.3 Å². The van der Waals surface area contributed by atoms with Gasteiger partial charge in [0.1, 0.15) is 16.5 Å². The Morgan fingerprint density at radius 2 is 2.23 bits per heavy atom. The Labute approximate surface area is 154 Å². The van der Waals surface area contributed by atoms with E-state index in [9.17, 15) is 4.79 Å². The molecule has 26 heavy (non-hydrogen) atoms. The first-order valence-electron chi connectivity index (χ1n) is 8.54. The Morgan fingerprint density at radius 3 is 2.88 bits per heavy atom. The fourth-order valence-electron chi connectivity index (χ4n) is 3.31. The molecule has 1 atom stereocenters. The molecule has 8 heteroatoms. The highest BCUT2D eigenvalue weighted by atomic mass is 32.1. The molecule has 1 aliphatic heterocycles. The van der Waals surface area contributed by atoms with Gasteiger partial charge in [0.2, 0.25) is 0 Å². The van der Waals surface area contributed by atoms with E-state index in [2.05, 4.69) is 9.72 Å². The highest BCUT2D eigenvalue weighted by Crippen LogP contribution is 2.32. The molecule has 2 N–H and O–H groups in total. The minimum atomic E-state index is -0.433. The van der Waals surface area contributed by atoms with Crippen LogP contribution in [0.25, 0.3) is 22.1 Å². The summed E-state index contributed by atoms with van der Waals surface area (Å²) < 4.78 is 13.0. The van der Waals surface area contributed by atoms with Crippen LogP contribution in [0.15, 0.2) is 22.0 Å². The molecule has 136 valence electrons. The van der Waals surface area contributed by atoms with Crippen LogP contribution in [0.2, 0.25) is 0 Å². The number of ether oxygens (including phenoxy) is 1. The van der Waals surface area contributed by atoms with Gasteiger partial charge in [-0.15, -0.1) is 11.3 Å². The summed E-state index contributed by atoms with van der Waals surface area (Å²) >= 11 is 1.49. The summed E-state index contributed by atoms with van der Waals surface area (Å²) in [5.41, 5.74) is 9.29. The molecule has 4 heterocycles. The first-order valence-corrected chi connectivity index (χ1v) is 9.42. The van der Waals surface area contributed by atoms with E-state index in [0.717, 1.165) is 47.3 Å². The first-order chi connectivity index (χ1) is 12.5. The van der Waals surface area contributed by atoms with Crippen molar-refractivity contribution in [2.75, 3.05) is 6.61 Å². The van der Waals surface area contributed by atoms with Gasteiger partial charge >= 0.3 is 0 Å². The molecule has 3 aromatic rings. The molecule has 1 unspecified atom stereocenters. The number of primary amides is 1. The summed E-state index contributed by atoms with van der Waals surface area (Å²) in [7, 11) is 0. The molecule has 0 radical (unpaired) electrons. The second kappa shape index (κ2) is 6.69. The zero-order chi connectivity index (χ0) is 18.3. The lowest BCUT2D eigenvalue weighted by molar-refractivity contribution is 0.0961. The highest BCUT2D eigenvalue weighted by Gasteiger charge is 2.23. The first kappa shape index (κ1) is 17.0. The maximum atomic E-state index is 11.8. The Kier molecular flexibility index (Phi) is 4.37. The van der Waals surface area contributed by atoms with Gasteiger partial charge in [-0.3, -0.25) is 4.79 Å². The third-order valence-corrected chi connectivity index (χ3v) is 5.52. The summed E-state index contributed by atoms with van der Waals surface area (Å²) in [5.74, 6) is 0.308. The van der Waals surface area contributed by atoms with E-state index in [4.69, 9.17) is 20.0 Å². The highest BCUT2D eigenvalue weighted by molar-refractivity contribution is 7.13. The fraction of sp³-hybridized carbons (Fsp3) is 0.389. The molecule has 0 spiro atoms. The molecule has 1 amide bonds. The van der Waals surface area contributed by atoms with Crippen molar-refractivity contribution >= 4 is 17.2 Å². The monoisotopic (exact) mass is 372 g/mol. The van der Waals surface area contributed by atoms with Gasteiger partial charge < -0.3 is 19.6 Å².